The minimum Gasteiger partial charge on any atom is -0.468 e. The predicted molar refractivity (Wildman–Crippen MR) is 80.9 cm³/mol. The zero-order valence-electron chi connectivity index (χ0n) is 12.2. The third kappa shape index (κ3) is 3.77. The van der Waals surface area contributed by atoms with Crippen molar-refractivity contribution < 1.29 is 19.1 Å². The van der Waals surface area contributed by atoms with Crippen molar-refractivity contribution in [3.05, 3.63) is 35.9 Å². The Morgan fingerprint density at radius 1 is 1.10 bits per heavy atom. The Bertz CT molecular complexity index is 470. The molecule has 0 amide bonds. The molecule has 0 spiro atoms. The van der Waals surface area contributed by atoms with E-state index in [0.29, 0.717) is 18.1 Å². The van der Waals surface area contributed by atoms with Crippen molar-refractivity contribution in [2.45, 2.75) is 18.6 Å². The van der Waals surface area contributed by atoms with Crippen LogP contribution in [0.2, 0.25) is 0 Å². The van der Waals surface area contributed by atoms with E-state index in [9.17, 15) is 9.59 Å². The number of ether oxygens (including phenoxy) is 2. The van der Waals surface area contributed by atoms with Gasteiger partial charge in [-0.25, -0.2) is 0 Å². The van der Waals surface area contributed by atoms with E-state index in [1.54, 1.807) is 11.8 Å². The number of benzene rings is 1. The number of methoxy groups -OCH3 is 2. The van der Waals surface area contributed by atoms with Crippen LogP contribution in [0.1, 0.15) is 5.56 Å². The number of nitrogens with zero attached hydrogens (tertiary/aromatic N) is 1. The molecule has 2 atom stereocenters. The second-order valence-corrected chi connectivity index (χ2v) is 5.85. The van der Waals surface area contributed by atoms with Crippen molar-refractivity contribution in [2.24, 2.45) is 0 Å². The summed E-state index contributed by atoms with van der Waals surface area (Å²) in [6, 6.07) is 8.90. The van der Waals surface area contributed by atoms with E-state index in [-0.39, 0.29) is 11.9 Å². The van der Waals surface area contributed by atoms with Crippen molar-refractivity contribution in [2.75, 3.05) is 25.7 Å². The molecule has 6 heteroatoms. The number of esters is 2. The third-order valence-electron chi connectivity index (χ3n) is 3.51. The van der Waals surface area contributed by atoms with E-state index in [1.165, 1.54) is 14.2 Å². The number of hydrogen-bond acceptors (Lipinski definition) is 6. The Morgan fingerprint density at radius 3 is 2.10 bits per heavy atom. The molecule has 0 aromatic heterocycles. The van der Waals surface area contributed by atoms with Gasteiger partial charge in [-0.05, 0) is 5.56 Å². The molecule has 114 valence electrons. The molecule has 1 aromatic carbocycles. The first-order valence-electron chi connectivity index (χ1n) is 6.70. The molecule has 1 aliphatic rings. The SMILES string of the molecule is COC(=O)[C@H]1CSC[C@@H](C(=O)OC)N1Cc1ccccc1. The van der Waals surface area contributed by atoms with Gasteiger partial charge in [0.05, 0.1) is 14.2 Å². The molecule has 0 unspecified atom stereocenters. The van der Waals surface area contributed by atoms with Gasteiger partial charge in [0.15, 0.2) is 0 Å². The molecule has 0 aliphatic carbocycles. The summed E-state index contributed by atoms with van der Waals surface area (Å²) >= 11 is 1.57. The average Bonchev–Trinajstić information content (AvgIpc) is 2.54. The highest BCUT2D eigenvalue weighted by Crippen LogP contribution is 2.25. The lowest BCUT2D eigenvalue weighted by Crippen LogP contribution is -2.56. The summed E-state index contributed by atoms with van der Waals surface area (Å²) in [5.41, 5.74) is 1.05. The molecule has 0 radical (unpaired) electrons. The Hall–Kier alpha value is -1.53. The fourth-order valence-corrected chi connectivity index (χ4v) is 3.63. The fourth-order valence-electron chi connectivity index (χ4n) is 2.39. The van der Waals surface area contributed by atoms with Crippen LogP contribution < -0.4 is 0 Å². The summed E-state index contributed by atoms with van der Waals surface area (Å²) < 4.78 is 9.75. The van der Waals surface area contributed by atoms with Gasteiger partial charge in [0, 0.05) is 18.1 Å². The van der Waals surface area contributed by atoms with Gasteiger partial charge in [-0.15, -0.1) is 0 Å². The number of rotatable bonds is 4. The molecule has 1 aromatic rings. The predicted octanol–water partition coefficient (Wildman–Crippen LogP) is 1.32. The smallest absolute Gasteiger partial charge is 0.323 e. The van der Waals surface area contributed by atoms with Gasteiger partial charge in [-0.1, -0.05) is 30.3 Å². The lowest BCUT2D eigenvalue weighted by Gasteiger charge is -2.38. The zero-order chi connectivity index (χ0) is 15.2. The Balaban J connectivity index is 2.24. The van der Waals surface area contributed by atoms with Crippen LogP contribution in [0.3, 0.4) is 0 Å². The highest BCUT2D eigenvalue weighted by Gasteiger charge is 2.40. The van der Waals surface area contributed by atoms with Crippen molar-refractivity contribution >= 4 is 23.7 Å². The minimum atomic E-state index is -0.432. The maximum atomic E-state index is 12.0. The Kier molecular flexibility index (Phi) is 5.64. The van der Waals surface area contributed by atoms with Gasteiger partial charge in [-0.3, -0.25) is 14.5 Å². The van der Waals surface area contributed by atoms with E-state index >= 15 is 0 Å². The number of thioether (sulfide) groups is 1. The number of carbonyl (C=O) groups excluding carboxylic acids is 2. The number of carbonyl (C=O) groups is 2. The largest absolute Gasteiger partial charge is 0.468 e. The van der Waals surface area contributed by atoms with E-state index < -0.39 is 12.1 Å². The molecule has 21 heavy (non-hydrogen) atoms. The van der Waals surface area contributed by atoms with Crippen LogP contribution in [0.4, 0.5) is 0 Å². The summed E-state index contributed by atoms with van der Waals surface area (Å²) in [5, 5.41) is 0. The Morgan fingerprint density at radius 2 is 1.62 bits per heavy atom. The minimum absolute atomic E-state index is 0.313. The summed E-state index contributed by atoms with van der Waals surface area (Å²) in [6.45, 7) is 0.515. The lowest BCUT2D eigenvalue weighted by molar-refractivity contribution is -0.153. The van der Waals surface area contributed by atoms with Crippen molar-refractivity contribution in [3.63, 3.8) is 0 Å². The first-order chi connectivity index (χ1) is 10.2. The fraction of sp³-hybridized carbons (Fsp3) is 0.467. The third-order valence-corrected chi connectivity index (χ3v) is 4.61. The molecular formula is C15H19NO4S. The van der Waals surface area contributed by atoms with E-state index in [1.807, 2.05) is 35.2 Å². The van der Waals surface area contributed by atoms with Crippen molar-refractivity contribution in [3.8, 4) is 0 Å². The topological polar surface area (TPSA) is 55.8 Å². The molecule has 1 fully saturated rings. The highest BCUT2D eigenvalue weighted by molar-refractivity contribution is 7.99. The highest BCUT2D eigenvalue weighted by atomic mass is 32.2. The van der Waals surface area contributed by atoms with Crippen LogP contribution in [0, 0.1) is 0 Å². The summed E-state index contributed by atoms with van der Waals surface area (Å²) in [7, 11) is 2.74. The van der Waals surface area contributed by atoms with Gasteiger partial charge >= 0.3 is 11.9 Å². The first-order valence-corrected chi connectivity index (χ1v) is 7.86. The molecule has 0 N–H and O–H groups in total. The molecular weight excluding hydrogens is 290 g/mol. The van der Waals surface area contributed by atoms with Gasteiger partial charge in [-0.2, -0.15) is 11.8 Å². The standard InChI is InChI=1S/C15H19NO4S/c1-19-14(17)12-9-21-10-13(15(18)20-2)16(12)8-11-6-4-3-5-7-11/h3-7,12-13H,8-10H2,1-2H3/t12-,13+. The van der Waals surface area contributed by atoms with Gasteiger partial charge in [0.1, 0.15) is 12.1 Å². The average molecular weight is 309 g/mol. The summed E-state index contributed by atoms with van der Waals surface area (Å²) in [5.74, 6) is 0.610. The monoisotopic (exact) mass is 309 g/mol. The van der Waals surface area contributed by atoms with E-state index in [0.717, 1.165) is 5.56 Å². The molecule has 1 heterocycles. The van der Waals surface area contributed by atoms with E-state index in [4.69, 9.17) is 9.47 Å². The summed E-state index contributed by atoms with van der Waals surface area (Å²) in [4.78, 5) is 25.9. The van der Waals surface area contributed by atoms with Crippen LogP contribution >= 0.6 is 11.8 Å². The quantitative estimate of drug-likeness (QED) is 0.782. The van der Waals surface area contributed by atoms with Gasteiger partial charge < -0.3 is 9.47 Å². The zero-order valence-corrected chi connectivity index (χ0v) is 13.0. The van der Waals surface area contributed by atoms with E-state index in [2.05, 4.69) is 0 Å². The molecule has 5 nitrogen and oxygen atoms in total. The molecule has 1 aliphatic heterocycles. The van der Waals surface area contributed by atoms with Crippen LogP contribution in [-0.2, 0) is 25.6 Å². The van der Waals surface area contributed by atoms with Crippen LogP contribution in [-0.4, -0.2) is 54.6 Å². The molecule has 0 saturated carbocycles. The van der Waals surface area contributed by atoms with Crippen LogP contribution in [0.5, 0.6) is 0 Å². The number of hydrogen-bond donors (Lipinski definition) is 0. The molecule has 1 saturated heterocycles. The lowest BCUT2D eigenvalue weighted by atomic mass is 10.1. The maximum absolute atomic E-state index is 12.0. The van der Waals surface area contributed by atoms with Crippen molar-refractivity contribution in [1.29, 1.82) is 0 Å². The Labute approximate surface area is 128 Å². The van der Waals surface area contributed by atoms with Crippen molar-refractivity contribution in [1.82, 2.24) is 4.90 Å². The maximum Gasteiger partial charge on any atom is 0.323 e. The second kappa shape index (κ2) is 7.47. The molecule has 0 bridgehead atoms. The normalized spacial score (nSPS) is 22.6. The van der Waals surface area contributed by atoms with Crippen LogP contribution in [0.25, 0.3) is 0 Å². The first kappa shape index (κ1) is 15.9. The van der Waals surface area contributed by atoms with Crippen LogP contribution in [0.15, 0.2) is 30.3 Å². The summed E-state index contributed by atoms with van der Waals surface area (Å²) in [6.07, 6.45) is 0. The molecule has 2 rings (SSSR count). The van der Waals surface area contributed by atoms with Gasteiger partial charge in [0.2, 0.25) is 0 Å². The van der Waals surface area contributed by atoms with Gasteiger partial charge in [0.25, 0.3) is 0 Å². The second-order valence-electron chi connectivity index (χ2n) is 4.77.